The number of anilines is 1. The van der Waals surface area contributed by atoms with E-state index < -0.39 is 35.7 Å². The van der Waals surface area contributed by atoms with Crippen LogP contribution in [0.15, 0.2) is 77.4 Å². The van der Waals surface area contributed by atoms with Crippen molar-refractivity contribution in [2.24, 2.45) is 5.41 Å². The van der Waals surface area contributed by atoms with Gasteiger partial charge in [-0.25, -0.2) is 4.79 Å². The van der Waals surface area contributed by atoms with Crippen LogP contribution in [0.25, 0.3) is 10.4 Å². The molecule has 7 nitrogen and oxygen atoms in total. The van der Waals surface area contributed by atoms with E-state index in [0.717, 1.165) is 10.4 Å². The highest BCUT2D eigenvalue weighted by atomic mass is 32.1. The molecule has 180 valence electrons. The fourth-order valence-corrected chi connectivity index (χ4v) is 4.74. The predicted octanol–water partition coefficient (Wildman–Crippen LogP) is 5.39. The van der Waals surface area contributed by atoms with Crippen molar-refractivity contribution in [2.75, 3.05) is 11.5 Å². The van der Waals surface area contributed by atoms with Gasteiger partial charge < -0.3 is 14.9 Å². The summed E-state index contributed by atoms with van der Waals surface area (Å²) >= 11 is 1.59. The van der Waals surface area contributed by atoms with Crippen LogP contribution < -0.4 is 9.64 Å². The third kappa shape index (κ3) is 4.70. The third-order valence-corrected chi connectivity index (χ3v) is 6.57. The Kier molecular flexibility index (Phi) is 6.49. The van der Waals surface area contributed by atoms with Gasteiger partial charge in [-0.3, -0.25) is 14.5 Å². The highest BCUT2D eigenvalue weighted by molar-refractivity contribution is 7.13. The normalized spacial score (nSPS) is 16.0. The number of rotatable bonds is 7. The first-order valence-corrected chi connectivity index (χ1v) is 11.9. The SMILES string of the molecule is CC(C)(C)C(=O)C1=C(O)C(=O)N(c2ccc(-c3cccs3)cc2)C1c1ccccc1OCC(=O)O. The number of benzene rings is 2. The second kappa shape index (κ2) is 9.38. The van der Waals surface area contributed by atoms with Crippen LogP contribution in [0.5, 0.6) is 5.75 Å². The molecule has 1 unspecified atom stereocenters. The number of ether oxygens (including phenoxy) is 1. The first kappa shape index (κ1) is 24.2. The van der Waals surface area contributed by atoms with Crippen molar-refractivity contribution in [2.45, 2.75) is 26.8 Å². The molecule has 35 heavy (non-hydrogen) atoms. The molecule has 8 heteroatoms. The lowest BCUT2D eigenvalue weighted by Crippen LogP contribution is -2.33. The predicted molar refractivity (Wildman–Crippen MR) is 134 cm³/mol. The van der Waals surface area contributed by atoms with Gasteiger partial charge in [0.15, 0.2) is 18.1 Å². The number of carbonyl (C=O) groups excluding carboxylic acids is 2. The van der Waals surface area contributed by atoms with Gasteiger partial charge in [-0.1, -0.05) is 57.2 Å². The number of carbonyl (C=O) groups is 3. The molecule has 4 rings (SSSR count). The summed E-state index contributed by atoms with van der Waals surface area (Å²) in [6.45, 7) is 4.54. The maximum atomic E-state index is 13.4. The van der Waals surface area contributed by atoms with Crippen LogP contribution in [-0.4, -0.2) is 34.5 Å². The second-order valence-corrected chi connectivity index (χ2v) is 10.1. The summed E-state index contributed by atoms with van der Waals surface area (Å²) in [6.07, 6.45) is 0. The van der Waals surface area contributed by atoms with Crippen molar-refractivity contribution in [1.29, 1.82) is 0 Å². The maximum absolute atomic E-state index is 13.4. The summed E-state index contributed by atoms with van der Waals surface area (Å²) in [5.41, 5.74) is 0.937. The van der Waals surface area contributed by atoms with Gasteiger partial charge in [-0.15, -0.1) is 11.3 Å². The molecular formula is C27H25NO6S. The van der Waals surface area contributed by atoms with Gasteiger partial charge >= 0.3 is 5.97 Å². The molecule has 1 aliphatic heterocycles. The van der Waals surface area contributed by atoms with Crippen molar-refractivity contribution in [3.63, 3.8) is 0 Å². The lowest BCUT2D eigenvalue weighted by molar-refractivity contribution is -0.139. The number of carboxylic acids is 1. The minimum Gasteiger partial charge on any atom is -0.503 e. The summed E-state index contributed by atoms with van der Waals surface area (Å²) < 4.78 is 5.50. The molecule has 1 atom stereocenters. The topological polar surface area (TPSA) is 104 Å². The summed E-state index contributed by atoms with van der Waals surface area (Å²) in [6, 6.07) is 16.8. The Labute approximate surface area is 206 Å². The highest BCUT2D eigenvalue weighted by Gasteiger charge is 2.47. The first-order chi connectivity index (χ1) is 16.6. The number of amides is 1. The minimum atomic E-state index is -1.16. The number of carboxylic acid groups (broad SMARTS) is 1. The first-order valence-electron chi connectivity index (χ1n) is 11.0. The van der Waals surface area contributed by atoms with Gasteiger partial charge in [0.25, 0.3) is 5.91 Å². The van der Waals surface area contributed by atoms with Gasteiger partial charge in [-0.2, -0.15) is 0 Å². The molecule has 2 N–H and O–H groups in total. The van der Waals surface area contributed by atoms with Crippen molar-refractivity contribution in [3.8, 4) is 16.2 Å². The van der Waals surface area contributed by atoms with E-state index in [2.05, 4.69) is 0 Å². The molecule has 0 saturated carbocycles. The molecule has 1 aromatic heterocycles. The van der Waals surface area contributed by atoms with E-state index in [9.17, 15) is 19.5 Å². The molecule has 0 bridgehead atoms. The molecule has 0 radical (unpaired) electrons. The van der Waals surface area contributed by atoms with Crippen molar-refractivity contribution < 1.29 is 29.3 Å². The van der Waals surface area contributed by atoms with Crippen LogP contribution in [-0.2, 0) is 14.4 Å². The molecule has 0 fully saturated rings. The zero-order chi connectivity index (χ0) is 25.3. The Morgan fingerprint density at radius 1 is 1.03 bits per heavy atom. The van der Waals surface area contributed by atoms with Crippen LogP contribution in [0.4, 0.5) is 5.69 Å². The number of ketones is 1. The summed E-state index contributed by atoms with van der Waals surface area (Å²) in [4.78, 5) is 40.4. The summed E-state index contributed by atoms with van der Waals surface area (Å²) in [7, 11) is 0. The molecule has 1 amide bonds. The molecule has 0 aliphatic carbocycles. The molecule has 0 spiro atoms. The largest absolute Gasteiger partial charge is 0.503 e. The van der Waals surface area contributed by atoms with Gasteiger partial charge in [-0.05, 0) is 35.2 Å². The van der Waals surface area contributed by atoms with E-state index in [-0.39, 0.29) is 17.1 Å². The number of aliphatic hydroxyl groups excluding tert-OH is 1. The average molecular weight is 492 g/mol. The number of thiophene rings is 1. The standard InChI is InChI=1S/C27H25NO6S/c1-27(2,3)25(32)22-23(18-7-4-5-8-19(18)34-15-21(29)30)28(26(33)24(22)31)17-12-10-16(11-13-17)20-9-6-14-35-20/h4-14,23,31H,15H2,1-3H3,(H,29,30). The average Bonchev–Trinajstić information content (AvgIpc) is 3.44. The number of nitrogens with zero attached hydrogens (tertiary/aromatic N) is 1. The fraction of sp³-hybridized carbons (Fsp3) is 0.222. The Morgan fingerprint density at radius 3 is 2.31 bits per heavy atom. The van der Waals surface area contributed by atoms with Crippen molar-refractivity contribution in [1.82, 2.24) is 0 Å². The Morgan fingerprint density at radius 2 is 1.71 bits per heavy atom. The zero-order valence-electron chi connectivity index (χ0n) is 19.5. The van der Waals surface area contributed by atoms with E-state index in [1.165, 1.54) is 4.90 Å². The van der Waals surface area contributed by atoms with Crippen molar-refractivity contribution in [3.05, 3.63) is 82.9 Å². The van der Waals surface area contributed by atoms with Crippen LogP contribution in [0.2, 0.25) is 0 Å². The summed E-state index contributed by atoms with van der Waals surface area (Å²) in [5, 5.41) is 22.0. The highest BCUT2D eigenvalue weighted by Crippen LogP contribution is 2.46. The third-order valence-electron chi connectivity index (χ3n) is 5.65. The maximum Gasteiger partial charge on any atom is 0.341 e. The van der Waals surface area contributed by atoms with Crippen LogP contribution in [0.3, 0.4) is 0 Å². The number of Topliss-reactive ketones (excluding diaryl/α,β-unsaturated/α-hetero) is 1. The van der Waals surface area contributed by atoms with Crippen LogP contribution in [0, 0.1) is 5.41 Å². The van der Waals surface area contributed by atoms with E-state index in [0.29, 0.717) is 11.3 Å². The van der Waals surface area contributed by atoms with Gasteiger partial charge in [0, 0.05) is 21.5 Å². The van der Waals surface area contributed by atoms with Gasteiger partial charge in [0.2, 0.25) is 0 Å². The lowest BCUT2D eigenvalue weighted by Gasteiger charge is -2.30. The second-order valence-electron chi connectivity index (χ2n) is 9.16. The molecule has 1 aliphatic rings. The van der Waals surface area contributed by atoms with Gasteiger partial charge in [0.1, 0.15) is 5.75 Å². The zero-order valence-corrected chi connectivity index (χ0v) is 20.3. The van der Waals surface area contributed by atoms with Crippen LogP contribution >= 0.6 is 11.3 Å². The van der Waals surface area contributed by atoms with Gasteiger partial charge in [0.05, 0.1) is 11.6 Å². The smallest absolute Gasteiger partial charge is 0.341 e. The molecule has 2 heterocycles. The fourth-order valence-electron chi connectivity index (χ4n) is 4.01. The molecular weight excluding hydrogens is 466 g/mol. The Balaban J connectivity index is 1.85. The monoisotopic (exact) mass is 491 g/mol. The van der Waals surface area contributed by atoms with E-state index >= 15 is 0 Å². The molecule has 3 aromatic rings. The van der Waals surface area contributed by atoms with E-state index in [1.807, 2.05) is 29.6 Å². The van der Waals surface area contributed by atoms with Crippen molar-refractivity contribution >= 4 is 34.7 Å². The Hall–Kier alpha value is -3.91. The lowest BCUT2D eigenvalue weighted by atomic mass is 9.82. The van der Waals surface area contributed by atoms with E-state index in [1.54, 1.807) is 68.5 Å². The van der Waals surface area contributed by atoms with E-state index in [4.69, 9.17) is 9.84 Å². The minimum absolute atomic E-state index is 0.0452. The Bertz CT molecular complexity index is 1300. The van der Waals surface area contributed by atoms with Crippen LogP contribution in [0.1, 0.15) is 32.4 Å². The summed E-state index contributed by atoms with van der Waals surface area (Å²) in [5.74, 6) is -2.67. The number of hydrogen-bond donors (Lipinski definition) is 2. The number of hydrogen-bond acceptors (Lipinski definition) is 6. The number of aliphatic hydroxyl groups is 1. The quantitative estimate of drug-likeness (QED) is 0.459. The molecule has 0 saturated heterocycles. The number of aliphatic carboxylic acids is 1. The number of para-hydroxylation sites is 1. The molecule has 2 aromatic carbocycles.